The van der Waals surface area contributed by atoms with Crippen LogP contribution in [0.2, 0.25) is 0 Å². The first-order valence-corrected chi connectivity index (χ1v) is 14.1. The third-order valence-electron chi connectivity index (χ3n) is 9.02. The molecule has 0 aliphatic carbocycles. The van der Waals surface area contributed by atoms with Gasteiger partial charge >= 0.3 is 0 Å². The Labute approximate surface area is 234 Å². The fourth-order valence-corrected chi connectivity index (χ4v) is 7.37. The first-order valence-electron chi connectivity index (χ1n) is 14.1. The maximum Gasteiger partial charge on any atom is 0.0542 e. The van der Waals surface area contributed by atoms with Crippen LogP contribution in [0.25, 0.3) is 87.6 Å². The van der Waals surface area contributed by atoms with Gasteiger partial charge in [0, 0.05) is 54.1 Å². The zero-order chi connectivity index (χ0) is 26.7. The molecule has 190 valence electrons. The zero-order valence-electron chi connectivity index (χ0n) is 22.1. The lowest BCUT2D eigenvalue weighted by Gasteiger charge is -2.15. The fourth-order valence-electron chi connectivity index (χ4n) is 7.37. The number of benzene rings is 7. The third-order valence-corrected chi connectivity index (χ3v) is 9.02. The lowest BCUT2D eigenvalue weighted by atomic mass is 9.99. The van der Waals surface area contributed by atoms with Gasteiger partial charge in [0.15, 0.2) is 0 Å². The second kappa shape index (κ2) is 7.56. The van der Waals surface area contributed by atoms with Gasteiger partial charge in [-0.1, -0.05) is 84.9 Å². The van der Waals surface area contributed by atoms with Crippen molar-refractivity contribution in [3.8, 4) is 11.4 Å². The summed E-state index contributed by atoms with van der Waals surface area (Å²) >= 11 is 0. The second-order valence-corrected chi connectivity index (χ2v) is 11.0. The van der Waals surface area contributed by atoms with E-state index in [0.29, 0.717) is 0 Å². The highest BCUT2D eigenvalue weighted by Crippen LogP contribution is 2.43. The molecule has 7 aromatic carbocycles. The van der Waals surface area contributed by atoms with Crippen LogP contribution in [0.3, 0.4) is 0 Å². The van der Waals surface area contributed by atoms with E-state index in [1.54, 1.807) is 0 Å². The van der Waals surface area contributed by atoms with E-state index in [0.717, 1.165) is 0 Å². The Morgan fingerprint density at radius 3 is 1.02 bits per heavy atom. The molecule has 0 fully saturated rings. The maximum absolute atomic E-state index is 3.73. The molecule has 0 amide bonds. The van der Waals surface area contributed by atoms with Crippen molar-refractivity contribution < 1.29 is 0 Å². The van der Waals surface area contributed by atoms with E-state index < -0.39 is 0 Å². The van der Waals surface area contributed by atoms with Gasteiger partial charge < -0.3 is 14.1 Å². The number of para-hydroxylation sites is 4. The Morgan fingerprint density at radius 2 is 0.659 bits per heavy atom. The molecule has 0 unspecified atom stereocenters. The highest BCUT2D eigenvalue weighted by Gasteiger charge is 2.20. The average molecular weight is 522 g/mol. The molecule has 1 N–H and O–H groups in total. The summed E-state index contributed by atoms with van der Waals surface area (Å²) in [6.07, 6.45) is 0. The van der Waals surface area contributed by atoms with Crippen molar-refractivity contribution >= 4 is 76.2 Å². The minimum absolute atomic E-state index is 1.17. The first-order chi connectivity index (χ1) is 20.4. The van der Waals surface area contributed by atoms with E-state index in [2.05, 4.69) is 148 Å². The summed E-state index contributed by atoms with van der Waals surface area (Å²) in [5.41, 5.74) is 9.68. The molecule has 0 saturated heterocycles. The second-order valence-electron chi connectivity index (χ2n) is 11.0. The van der Waals surface area contributed by atoms with Gasteiger partial charge in [-0.25, -0.2) is 0 Å². The molecule has 3 nitrogen and oxygen atoms in total. The van der Waals surface area contributed by atoms with Crippen LogP contribution in [0.1, 0.15) is 0 Å². The molecule has 0 aliphatic heterocycles. The van der Waals surface area contributed by atoms with Crippen molar-refractivity contribution in [3.05, 3.63) is 133 Å². The Balaban J connectivity index is 1.34. The fraction of sp³-hybridized carbons (Fsp3) is 0. The number of hydrogen-bond donors (Lipinski definition) is 1. The number of nitrogens with zero attached hydrogens (tertiary/aromatic N) is 2. The number of nitrogens with one attached hydrogen (secondary N) is 1. The Bertz CT molecular complexity index is 2350. The Kier molecular flexibility index (Phi) is 3.93. The molecule has 0 radical (unpaired) electrons. The number of aromatic nitrogens is 3. The number of hydrogen-bond acceptors (Lipinski definition) is 0. The number of rotatable bonds is 2. The van der Waals surface area contributed by atoms with Crippen LogP contribution in [0.5, 0.6) is 0 Å². The van der Waals surface area contributed by atoms with Crippen LogP contribution in [0.4, 0.5) is 0 Å². The van der Waals surface area contributed by atoms with Crippen molar-refractivity contribution in [2.24, 2.45) is 0 Å². The largest absolute Gasteiger partial charge is 0.354 e. The minimum Gasteiger partial charge on any atom is -0.354 e. The molecule has 0 spiro atoms. The van der Waals surface area contributed by atoms with Crippen molar-refractivity contribution in [1.82, 2.24) is 14.1 Å². The summed E-state index contributed by atoms with van der Waals surface area (Å²) < 4.78 is 4.87. The number of fused-ring (bicyclic) bond motifs is 6. The molecule has 10 rings (SSSR count). The molecule has 41 heavy (non-hydrogen) atoms. The molecular weight excluding hydrogens is 498 g/mol. The molecule has 10 aromatic rings. The van der Waals surface area contributed by atoms with E-state index >= 15 is 0 Å². The van der Waals surface area contributed by atoms with Crippen LogP contribution in [0, 0.1) is 0 Å². The van der Waals surface area contributed by atoms with Gasteiger partial charge in [0.1, 0.15) is 0 Å². The zero-order valence-corrected chi connectivity index (χ0v) is 22.1. The van der Waals surface area contributed by atoms with Crippen LogP contribution >= 0.6 is 0 Å². The minimum atomic E-state index is 1.17. The standard InChI is InChI=1S/C38H23N3/c1-5-13-31-23(9-1)24-10-2-6-14-32(24)40(31)35-21-19-29-37-27(35)17-18-28-36(22-20-30(39-29)38(28)37)41-33-15-7-3-11-25(33)26-12-4-8-16-34(26)41/h1-22,39H. The van der Waals surface area contributed by atoms with Gasteiger partial charge in [-0.3, -0.25) is 0 Å². The normalized spacial score (nSPS) is 12.4. The summed E-state index contributed by atoms with van der Waals surface area (Å²) in [6.45, 7) is 0. The predicted octanol–water partition coefficient (Wildman–Crippen LogP) is 10.1. The van der Waals surface area contributed by atoms with E-state index in [4.69, 9.17) is 0 Å². The molecule has 0 bridgehead atoms. The molecule has 0 saturated carbocycles. The van der Waals surface area contributed by atoms with Crippen LogP contribution in [0.15, 0.2) is 133 Å². The monoisotopic (exact) mass is 521 g/mol. The molecule has 3 heterocycles. The van der Waals surface area contributed by atoms with Gasteiger partial charge in [0.05, 0.1) is 33.4 Å². The van der Waals surface area contributed by atoms with Gasteiger partial charge in [-0.15, -0.1) is 0 Å². The molecule has 3 aromatic heterocycles. The quantitative estimate of drug-likeness (QED) is 0.219. The Morgan fingerprint density at radius 1 is 0.317 bits per heavy atom. The van der Waals surface area contributed by atoms with E-state index in [9.17, 15) is 0 Å². The molecule has 0 aliphatic rings. The predicted molar refractivity (Wildman–Crippen MR) is 173 cm³/mol. The number of aromatic amines is 1. The number of H-pyrrole nitrogens is 1. The first kappa shape index (κ1) is 21.3. The summed E-state index contributed by atoms with van der Waals surface area (Å²) in [6, 6.07) is 48.7. The average Bonchev–Trinajstić information content (AvgIpc) is 3.69. The lowest BCUT2D eigenvalue weighted by Crippen LogP contribution is -1.97. The van der Waals surface area contributed by atoms with Gasteiger partial charge in [0.2, 0.25) is 0 Å². The van der Waals surface area contributed by atoms with E-state index in [1.165, 1.54) is 87.6 Å². The SMILES string of the molecule is c1ccc2c(c1)c1ccccc1n2-c1ccc2[nH]c3ccc(-n4c5ccccc5c5ccccc54)c4ccc1c2c34. The maximum atomic E-state index is 3.73. The van der Waals surface area contributed by atoms with E-state index in [-0.39, 0.29) is 0 Å². The molecule has 0 atom stereocenters. The third kappa shape index (κ3) is 2.63. The summed E-state index contributed by atoms with van der Waals surface area (Å²) in [4.78, 5) is 3.73. The van der Waals surface area contributed by atoms with Crippen LogP contribution in [-0.4, -0.2) is 14.1 Å². The highest BCUT2D eigenvalue weighted by atomic mass is 15.0. The van der Waals surface area contributed by atoms with Crippen molar-refractivity contribution in [2.75, 3.05) is 0 Å². The van der Waals surface area contributed by atoms with E-state index in [1.807, 2.05) is 0 Å². The van der Waals surface area contributed by atoms with Crippen molar-refractivity contribution in [3.63, 3.8) is 0 Å². The smallest absolute Gasteiger partial charge is 0.0542 e. The van der Waals surface area contributed by atoms with Gasteiger partial charge in [-0.2, -0.15) is 0 Å². The highest BCUT2D eigenvalue weighted by molar-refractivity contribution is 6.27. The topological polar surface area (TPSA) is 25.6 Å². The Hall–Kier alpha value is -5.54. The van der Waals surface area contributed by atoms with Crippen molar-refractivity contribution in [1.29, 1.82) is 0 Å². The molecule has 3 heteroatoms. The van der Waals surface area contributed by atoms with Crippen LogP contribution < -0.4 is 0 Å². The van der Waals surface area contributed by atoms with Gasteiger partial charge in [-0.05, 0) is 48.5 Å². The summed E-state index contributed by atoms with van der Waals surface area (Å²) in [7, 11) is 0. The lowest BCUT2D eigenvalue weighted by molar-refractivity contribution is 1.20. The van der Waals surface area contributed by atoms with Crippen LogP contribution in [-0.2, 0) is 0 Å². The summed E-state index contributed by atoms with van der Waals surface area (Å²) in [5.74, 6) is 0. The van der Waals surface area contributed by atoms with Gasteiger partial charge in [0.25, 0.3) is 0 Å². The van der Waals surface area contributed by atoms with Crippen molar-refractivity contribution in [2.45, 2.75) is 0 Å². The molecular formula is C38H23N3. The summed E-state index contributed by atoms with van der Waals surface area (Å²) in [5, 5.41) is 10.2.